The van der Waals surface area contributed by atoms with Crippen molar-refractivity contribution >= 4 is 33.0 Å². The van der Waals surface area contributed by atoms with Gasteiger partial charge in [0.15, 0.2) is 0 Å². The van der Waals surface area contributed by atoms with Gasteiger partial charge >= 0.3 is 0 Å². The molecule has 1 aliphatic heterocycles. The van der Waals surface area contributed by atoms with Gasteiger partial charge in [0.25, 0.3) is 0 Å². The standard InChI is InChI=1S/C13H20ClNO2S2/c1-2-12-11-6-9-18-13(11)5-8-15(12)19(16,17)10-4-3-7-14/h6,9,12H,2-5,7-8,10H2,1H3. The van der Waals surface area contributed by atoms with E-state index in [0.29, 0.717) is 18.8 Å². The molecule has 1 atom stereocenters. The second-order valence-corrected chi connectivity index (χ2v) is 8.22. The van der Waals surface area contributed by atoms with Crippen LogP contribution in [0.3, 0.4) is 0 Å². The van der Waals surface area contributed by atoms with Gasteiger partial charge in [0.05, 0.1) is 11.8 Å². The van der Waals surface area contributed by atoms with Crippen molar-refractivity contribution in [1.82, 2.24) is 4.31 Å². The third kappa shape index (κ3) is 3.32. The van der Waals surface area contributed by atoms with Gasteiger partial charge in [0, 0.05) is 17.3 Å². The van der Waals surface area contributed by atoms with E-state index in [4.69, 9.17) is 11.6 Å². The summed E-state index contributed by atoms with van der Waals surface area (Å²) in [4.78, 5) is 1.35. The zero-order valence-electron chi connectivity index (χ0n) is 11.1. The van der Waals surface area contributed by atoms with Gasteiger partial charge in [-0.05, 0) is 42.7 Å². The second kappa shape index (κ2) is 6.57. The van der Waals surface area contributed by atoms with Crippen LogP contribution >= 0.6 is 22.9 Å². The van der Waals surface area contributed by atoms with Crippen LogP contribution < -0.4 is 0 Å². The number of thiophene rings is 1. The minimum atomic E-state index is -3.16. The molecule has 0 N–H and O–H groups in total. The summed E-state index contributed by atoms with van der Waals surface area (Å²) < 4.78 is 26.6. The van der Waals surface area contributed by atoms with Crippen LogP contribution in [0.25, 0.3) is 0 Å². The maximum atomic E-state index is 12.4. The van der Waals surface area contributed by atoms with Gasteiger partial charge < -0.3 is 0 Å². The van der Waals surface area contributed by atoms with Crippen LogP contribution in [0.4, 0.5) is 0 Å². The van der Waals surface area contributed by atoms with Crippen LogP contribution in [0, 0.1) is 0 Å². The summed E-state index contributed by atoms with van der Waals surface area (Å²) in [5.41, 5.74) is 1.21. The third-order valence-corrected chi connectivity index (χ3v) is 6.80. The van der Waals surface area contributed by atoms with Crippen molar-refractivity contribution in [2.24, 2.45) is 0 Å². The van der Waals surface area contributed by atoms with Gasteiger partial charge in [-0.25, -0.2) is 8.42 Å². The average Bonchev–Trinajstić information content (AvgIpc) is 2.85. The van der Waals surface area contributed by atoms with Crippen molar-refractivity contribution < 1.29 is 8.42 Å². The maximum absolute atomic E-state index is 12.4. The van der Waals surface area contributed by atoms with E-state index >= 15 is 0 Å². The summed E-state index contributed by atoms with van der Waals surface area (Å²) in [6, 6.07) is 2.10. The molecule has 1 aliphatic rings. The molecule has 1 unspecified atom stereocenters. The Bertz CT molecular complexity index is 512. The molecule has 0 saturated carbocycles. The van der Waals surface area contributed by atoms with E-state index in [1.165, 1.54) is 10.4 Å². The van der Waals surface area contributed by atoms with Gasteiger partial charge in [-0.15, -0.1) is 22.9 Å². The summed E-state index contributed by atoms with van der Waals surface area (Å²) in [7, 11) is -3.16. The molecular formula is C13H20ClNO2S2. The Morgan fingerprint density at radius 1 is 1.47 bits per heavy atom. The van der Waals surface area contributed by atoms with E-state index in [-0.39, 0.29) is 11.8 Å². The topological polar surface area (TPSA) is 37.4 Å². The molecule has 1 aromatic heterocycles. The van der Waals surface area contributed by atoms with Gasteiger partial charge in [-0.3, -0.25) is 0 Å². The fraction of sp³-hybridized carbons (Fsp3) is 0.692. The lowest BCUT2D eigenvalue weighted by Gasteiger charge is -2.34. The molecule has 1 aromatic rings. The Balaban J connectivity index is 2.16. The normalized spacial score (nSPS) is 20.4. The highest BCUT2D eigenvalue weighted by atomic mass is 35.5. The van der Waals surface area contributed by atoms with Crippen LogP contribution in [0.1, 0.15) is 42.7 Å². The predicted molar refractivity (Wildman–Crippen MR) is 81.5 cm³/mol. The molecule has 2 rings (SSSR count). The molecule has 0 aliphatic carbocycles. The van der Waals surface area contributed by atoms with E-state index in [1.54, 1.807) is 15.6 Å². The Morgan fingerprint density at radius 3 is 2.95 bits per heavy atom. The SMILES string of the molecule is CCC1c2ccsc2CCN1S(=O)(=O)CCCCCl. The van der Waals surface area contributed by atoms with Crippen molar-refractivity contribution in [3.05, 3.63) is 21.9 Å². The molecule has 0 aromatic carbocycles. The summed E-state index contributed by atoms with van der Waals surface area (Å²) >= 11 is 7.36. The maximum Gasteiger partial charge on any atom is 0.214 e. The lowest BCUT2D eigenvalue weighted by Crippen LogP contribution is -2.40. The van der Waals surface area contributed by atoms with E-state index < -0.39 is 10.0 Å². The van der Waals surface area contributed by atoms with Crippen molar-refractivity contribution in [2.45, 2.75) is 38.6 Å². The highest BCUT2D eigenvalue weighted by Gasteiger charge is 2.34. The summed E-state index contributed by atoms with van der Waals surface area (Å²) in [5, 5.41) is 2.07. The second-order valence-electron chi connectivity index (χ2n) is 4.80. The number of alkyl halides is 1. The number of sulfonamides is 1. The molecule has 0 radical (unpaired) electrons. The van der Waals surface area contributed by atoms with E-state index in [9.17, 15) is 8.42 Å². The van der Waals surface area contributed by atoms with Crippen LogP contribution in [-0.4, -0.2) is 30.9 Å². The largest absolute Gasteiger partial charge is 0.214 e. The van der Waals surface area contributed by atoms with E-state index in [2.05, 4.69) is 18.4 Å². The van der Waals surface area contributed by atoms with Crippen molar-refractivity contribution in [3.63, 3.8) is 0 Å². The average molecular weight is 322 g/mol. The Kier molecular flexibility index (Phi) is 5.29. The zero-order valence-corrected chi connectivity index (χ0v) is 13.5. The van der Waals surface area contributed by atoms with Crippen LogP contribution in [-0.2, 0) is 16.4 Å². The number of nitrogens with zero attached hydrogens (tertiary/aromatic N) is 1. The third-order valence-electron chi connectivity index (χ3n) is 3.58. The molecule has 6 heteroatoms. The van der Waals surface area contributed by atoms with Crippen molar-refractivity contribution in [1.29, 1.82) is 0 Å². The number of fused-ring (bicyclic) bond motifs is 1. The highest BCUT2D eigenvalue weighted by Crippen LogP contribution is 2.36. The van der Waals surface area contributed by atoms with Crippen molar-refractivity contribution in [3.8, 4) is 0 Å². The first-order chi connectivity index (χ1) is 9.10. The molecule has 0 saturated heterocycles. The van der Waals surface area contributed by atoms with E-state index in [1.807, 2.05) is 0 Å². The van der Waals surface area contributed by atoms with Gasteiger partial charge in [0.2, 0.25) is 10.0 Å². The fourth-order valence-electron chi connectivity index (χ4n) is 2.63. The molecule has 2 heterocycles. The quantitative estimate of drug-likeness (QED) is 0.595. The first kappa shape index (κ1) is 15.3. The van der Waals surface area contributed by atoms with Crippen molar-refractivity contribution in [2.75, 3.05) is 18.2 Å². The minimum absolute atomic E-state index is 0.0241. The summed E-state index contributed by atoms with van der Waals surface area (Å²) in [5.74, 6) is 0.747. The summed E-state index contributed by atoms with van der Waals surface area (Å²) in [6.45, 7) is 2.67. The van der Waals surface area contributed by atoms with Crippen LogP contribution in [0.5, 0.6) is 0 Å². The smallest absolute Gasteiger partial charge is 0.212 e. The molecule has 0 amide bonds. The van der Waals surface area contributed by atoms with Gasteiger partial charge in [-0.2, -0.15) is 4.31 Å². The van der Waals surface area contributed by atoms with E-state index in [0.717, 1.165) is 19.3 Å². The lowest BCUT2D eigenvalue weighted by atomic mass is 10.0. The first-order valence-corrected chi connectivity index (χ1v) is 9.74. The zero-order chi connectivity index (χ0) is 13.9. The molecule has 3 nitrogen and oxygen atoms in total. The minimum Gasteiger partial charge on any atom is -0.212 e. The monoisotopic (exact) mass is 321 g/mol. The number of unbranched alkanes of at least 4 members (excludes halogenated alkanes) is 1. The highest BCUT2D eigenvalue weighted by molar-refractivity contribution is 7.89. The Labute approximate surface area is 124 Å². The molecular weight excluding hydrogens is 302 g/mol. The lowest BCUT2D eigenvalue weighted by molar-refractivity contribution is 0.303. The van der Waals surface area contributed by atoms with Gasteiger partial charge in [-0.1, -0.05) is 6.92 Å². The Hall–Kier alpha value is -0.100. The molecule has 0 fully saturated rings. The first-order valence-electron chi connectivity index (χ1n) is 6.72. The predicted octanol–water partition coefficient (Wildman–Crippen LogP) is 3.41. The molecule has 0 spiro atoms. The van der Waals surface area contributed by atoms with Crippen LogP contribution in [0.15, 0.2) is 11.4 Å². The fourth-order valence-corrected chi connectivity index (χ4v) is 5.57. The molecule has 0 bridgehead atoms. The van der Waals surface area contributed by atoms with Gasteiger partial charge in [0.1, 0.15) is 0 Å². The summed E-state index contributed by atoms with van der Waals surface area (Å²) in [6.07, 6.45) is 3.08. The molecule has 108 valence electrons. The molecule has 19 heavy (non-hydrogen) atoms. The number of hydrogen-bond acceptors (Lipinski definition) is 3. The Morgan fingerprint density at radius 2 is 2.26 bits per heavy atom. The van der Waals surface area contributed by atoms with Crippen LogP contribution in [0.2, 0.25) is 0 Å². The number of rotatable bonds is 6. The number of halogens is 1. The number of hydrogen-bond donors (Lipinski definition) is 0.